The fourth-order valence-electron chi connectivity index (χ4n) is 5.25. The molecule has 1 aromatic heterocycles. The summed E-state index contributed by atoms with van der Waals surface area (Å²) in [7, 11) is 0. The number of carbonyl (C=O) groups excluding carboxylic acids is 1. The zero-order valence-electron chi connectivity index (χ0n) is 20.5. The lowest BCUT2D eigenvalue weighted by Crippen LogP contribution is -2.30. The van der Waals surface area contributed by atoms with E-state index in [9.17, 15) is 9.90 Å². The SMILES string of the molecule is CCN1C(=O)/C(=C/C2=CC3=C/C(=C/c4c(O)n(CC)c(=S)n4-c4ccccc4)CCC3CC2)NC1=S. The number of aromatic hydroxyl groups is 1. The average molecular weight is 519 g/mol. The number of benzene rings is 1. The molecule has 1 amide bonds. The predicted molar refractivity (Wildman–Crippen MR) is 149 cm³/mol. The highest BCUT2D eigenvalue weighted by atomic mass is 32.1. The predicted octanol–water partition coefficient (Wildman–Crippen LogP) is 5.79. The molecule has 2 N–H and O–H groups in total. The van der Waals surface area contributed by atoms with Crippen LogP contribution < -0.4 is 5.32 Å². The molecule has 0 saturated carbocycles. The van der Waals surface area contributed by atoms with Gasteiger partial charge in [0.15, 0.2) is 9.88 Å². The minimum atomic E-state index is -0.0650. The maximum Gasteiger partial charge on any atom is 0.276 e. The molecule has 6 nitrogen and oxygen atoms in total. The van der Waals surface area contributed by atoms with Crippen molar-refractivity contribution >= 4 is 41.5 Å². The Morgan fingerprint density at radius 1 is 1.06 bits per heavy atom. The Morgan fingerprint density at radius 2 is 1.81 bits per heavy atom. The highest BCUT2D eigenvalue weighted by Gasteiger charge is 2.30. The van der Waals surface area contributed by atoms with Gasteiger partial charge in [-0.3, -0.25) is 18.8 Å². The summed E-state index contributed by atoms with van der Waals surface area (Å²) >= 11 is 11.0. The van der Waals surface area contributed by atoms with Gasteiger partial charge in [0.2, 0.25) is 5.88 Å². The third-order valence-electron chi connectivity index (χ3n) is 7.15. The number of allylic oxidation sites excluding steroid dienone is 6. The van der Waals surface area contributed by atoms with Gasteiger partial charge in [0.25, 0.3) is 5.91 Å². The summed E-state index contributed by atoms with van der Waals surface area (Å²) < 4.78 is 4.28. The van der Waals surface area contributed by atoms with Gasteiger partial charge >= 0.3 is 0 Å². The fraction of sp³-hybridized carbons (Fsp3) is 0.321. The summed E-state index contributed by atoms with van der Waals surface area (Å²) in [5.74, 6) is 0.630. The van der Waals surface area contributed by atoms with Crippen molar-refractivity contribution in [3.63, 3.8) is 0 Å². The van der Waals surface area contributed by atoms with E-state index in [2.05, 4.69) is 23.5 Å². The van der Waals surface area contributed by atoms with Gasteiger partial charge in [-0.15, -0.1) is 0 Å². The molecular weight excluding hydrogens is 488 g/mol. The molecule has 2 aromatic rings. The Morgan fingerprint density at radius 3 is 2.50 bits per heavy atom. The molecule has 1 aliphatic heterocycles. The highest BCUT2D eigenvalue weighted by Crippen LogP contribution is 2.39. The van der Waals surface area contributed by atoms with E-state index in [1.54, 1.807) is 9.47 Å². The van der Waals surface area contributed by atoms with Gasteiger partial charge in [-0.1, -0.05) is 30.4 Å². The number of thiocarbonyl (C=S) groups is 1. The van der Waals surface area contributed by atoms with Crippen molar-refractivity contribution < 1.29 is 9.90 Å². The van der Waals surface area contributed by atoms with Gasteiger partial charge in [-0.05, 0) is 111 Å². The Hall–Kier alpha value is -3.23. The lowest BCUT2D eigenvalue weighted by Gasteiger charge is -2.28. The normalized spacial score (nSPS) is 22.1. The summed E-state index contributed by atoms with van der Waals surface area (Å²) in [6.07, 6.45) is 12.4. The topological polar surface area (TPSA) is 62.4 Å². The van der Waals surface area contributed by atoms with Crippen LogP contribution in [0.1, 0.15) is 45.2 Å². The molecule has 3 aliphatic rings. The molecule has 2 heterocycles. The first-order chi connectivity index (χ1) is 17.4. The Balaban J connectivity index is 1.52. The molecule has 0 radical (unpaired) electrons. The number of likely N-dealkylation sites (N-methyl/N-ethyl adjacent to an activating group) is 1. The summed E-state index contributed by atoms with van der Waals surface area (Å²) in [5.41, 5.74) is 5.73. The first kappa shape index (κ1) is 24.5. The number of hydrogen-bond acceptors (Lipinski definition) is 4. The van der Waals surface area contributed by atoms with Crippen LogP contribution in [0, 0.1) is 10.7 Å². The lowest BCUT2D eigenvalue weighted by atomic mass is 9.77. The van der Waals surface area contributed by atoms with E-state index in [0.29, 0.717) is 40.3 Å². The maximum atomic E-state index is 12.6. The summed E-state index contributed by atoms with van der Waals surface area (Å²) in [5, 5.41) is 14.6. The second-order valence-electron chi connectivity index (χ2n) is 9.30. The second-order valence-corrected chi connectivity index (χ2v) is 10.1. The van der Waals surface area contributed by atoms with Crippen LogP contribution in [0.5, 0.6) is 5.88 Å². The van der Waals surface area contributed by atoms with Crippen molar-refractivity contribution in [1.29, 1.82) is 0 Å². The van der Waals surface area contributed by atoms with E-state index in [-0.39, 0.29) is 11.8 Å². The smallest absolute Gasteiger partial charge is 0.276 e. The Bertz CT molecular complexity index is 1410. The summed E-state index contributed by atoms with van der Waals surface area (Å²) in [6, 6.07) is 9.92. The first-order valence-corrected chi connectivity index (χ1v) is 13.3. The molecule has 0 spiro atoms. The summed E-state index contributed by atoms with van der Waals surface area (Å²) in [4.78, 5) is 14.2. The van der Waals surface area contributed by atoms with E-state index in [0.717, 1.165) is 42.5 Å². The van der Waals surface area contributed by atoms with Crippen molar-refractivity contribution in [3.05, 3.63) is 81.4 Å². The third-order valence-corrected chi connectivity index (χ3v) is 7.87. The number of nitrogens with zero attached hydrogens (tertiary/aromatic N) is 3. The van der Waals surface area contributed by atoms with Crippen LogP contribution in [-0.4, -0.2) is 36.7 Å². The average Bonchev–Trinajstić information content (AvgIpc) is 3.29. The molecule has 1 unspecified atom stereocenters. The Kier molecular flexibility index (Phi) is 6.81. The zero-order chi connectivity index (χ0) is 25.4. The van der Waals surface area contributed by atoms with Gasteiger partial charge < -0.3 is 10.4 Å². The molecular formula is C28H30N4O2S2. The minimum absolute atomic E-state index is 0.0650. The monoisotopic (exact) mass is 518 g/mol. The number of hydrogen-bond donors (Lipinski definition) is 2. The van der Waals surface area contributed by atoms with Crippen molar-refractivity contribution in [2.24, 2.45) is 5.92 Å². The van der Waals surface area contributed by atoms with Crippen LogP contribution in [0.2, 0.25) is 0 Å². The van der Waals surface area contributed by atoms with Crippen LogP contribution in [0.3, 0.4) is 0 Å². The maximum absolute atomic E-state index is 12.6. The molecule has 1 fully saturated rings. The van der Waals surface area contributed by atoms with Gasteiger partial charge in [-0.25, -0.2) is 0 Å². The van der Waals surface area contributed by atoms with Crippen molar-refractivity contribution in [1.82, 2.24) is 19.4 Å². The molecule has 186 valence electrons. The van der Waals surface area contributed by atoms with Crippen molar-refractivity contribution in [2.45, 2.75) is 46.1 Å². The summed E-state index contributed by atoms with van der Waals surface area (Å²) in [6.45, 7) is 5.05. The minimum Gasteiger partial charge on any atom is -0.493 e. The number of aromatic nitrogens is 2. The van der Waals surface area contributed by atoms with E-state index in [1.807, 2.05) is 54.8 Å². The molecule has 36 heavy (non-hydrogen) atoms. The number of para-hydroxylation sites is 1. The number of imidazole rings is 1. The number of amides is 1. The molecule has 1 saturated heterocycles. The van der Waals surface area contributed by atoms with E-state index in [1.165, 1.54) is 5.57 Å². The number of rotatable bonds is 5. The molecule has 0 bridgehead atoms. The first-order valence-electron chi connectivity index (χ1n) is 12.5. The molecule has 1 atom stereocenters. The fourth-order valence-corrected chi connectivity index (χ4v) is 5.99. The third kappa shape index (κ3) is 4.40. The molecule has 1 aromatic carbocycles. The zero-order valence-corrected chi connectivity index (χ0v) is 22.2. The number of nitrogens with one attached hydrogen (secondary N) is 1. The molecule has 8 heteroatoms. The van der Waals surface area contributed by atoms with Crippen LogP contribution in [0.15, 0.2) is 71.0 Å². The van der Waals surface area contributed by atoms with Gasteiger partial charge in [0.1, 0.15) is 11.4 Å². The van der Waals surface area contributed by atoms with Crippen LogP contribution in [0.4, 0.5) is 0 Å². The number of fused-ring (bicyclic) bond motifs is 1. The van der Waals surface area contributed by atoms with E-state index < -0.39 is 0 Å². The van der Waals surface area contributed by atoms with Crippen LogP contribution in [0.25, 0.3) is 11.8 Å². The van der Waals surface area contributed by atoms with Crippen LogP contribution in [-0.2, 0) is 11.3 Å². The quantitative estimate of drug-likeness (QED) is 0.387. The lowest BCUT2D eigenvalue weighted by molar-refractivity contribution is -0.122. The second kappa shape index (κ2) is 10.0. The Labute approximate surface area is 221 Å². The largest absolute Gasteiger partial charge is 0.493 e. The van der Waals surface area contributed by atoms with E-state index >= 15 is 0 Å². The molecule has 5 rings (SSSR count). The van der Waals surface area contributed by atoms with Gasteiger partial charge in [0.05, 0.1) is 0 Å². The van der Waals surface area contributed by atoms with Crippen molar-refractivity contribution in [3.8, 4) is 11.6 Å². The van der Waals surface area contributed by atoms with Gasteiger partial charge in [-0.2, -0.15) is 0 Å². The highest BCUT2D eigenvalue weighted by molar-refractivity contribution is 7.80. The van der Waals surface area contributed by atoms with E-state index in [4.69, 9.17) is 24.4 Å². The standard InChI is InChI=1S/C28H30N4O2S2/c1-3-30-25(33)23(29-27(30)35)16-18-10-12-20-13-11-19(15-21(20)14-18)17-24-26(34)31(4-2)28(36)32(24)22-8-6-5-7-9-22/h5-9,14-17,20,34H,3-4,10-13H2,1-2H3,(H,29,35)/b19-17+,23-16-. The van der Waals surface area contributed by atoms with Crippen LogP contribution >= 0.6 is 24.4 Å². The number of carbonyl (C=O) groups is 1. The molecule has 2 aliphatic carbocycles. The van der Waals surface area contributed by atoms with Gasteiger partial charge in [0, 0.05) is 18.8 Å². The van der Waals surface area contributed by atoms with Crippen molar-refractivity contribution in [2.75, 3.05) is 6.54 Å².